The zero-order chi connectivity index (χ0) is 11.8. The third-order valence-electron chi connectivity index (χ3n) is 2.10. The first-order chi connectivity index (χ1) is 6.78. The van der Waals surface area contributed by atoms with E-state index in [2.05, 4.69) is 0 Å². The van der Waals surface area contributed by atoms with Crippen LogP contribution in [0.4, 0.5) is 0 Å². The summed E-state index contributed by atoms with van der Waals surface area (Å²) in [7, 11) is -0.622. The lowest BCUT2D eigenvalue weighted by Gasteiger charge is -2.10. The van der Waals surface area contributed by atoms with Crippen molar-refractivity contribution in [1.82, 2.24) is 4.31 Å². The van der Waals surface area contributed by atoms with Gasteiger partial charge < -0.3 is 5.11 Å². The van der Waals surface area contributed by atoms with Crippen molar-refractivity contribution in [3.8, 4) is 5.75 Å². The summed E-state index contributed by atoms with van der Waals surface area (Å²) in [5.41, 5.74) is 0.681. The quantitative estimate of drug-likeness (QED) is 0.889. The van der Waals surface area contributed by atoms with Crippen molar-refractivity contribution in [2.75, 3.05) is 14.1 Å². The van der Waals surface area contributed by atoms with Gasteiger partial charge in [-0.3, -0.25) is 0 Å². The first-order valence-corrected chi connectivity index (χ1v) is 6.83. The molecule has 1 aromatic heterocycles. The largest absolute Gasteiger partial charge is 0.505 e. The standard InChI is InChI=1S/C9H15NO3S2/c1-6(2)7-5-14-9(8(7)11)15(12,13)10(3)4/h5-6,11H,1-4H3. The molecule has 0 radical (unpaired) electrons. The molecule has 6 heteroatoms. The predicted octanol–water partition coefficient (Wildman–Crippen LogP) is 1.83. The molecule has 0 amide bonds. The van der Waals surface area contributed by atoms with E-state index in [0.29, 0.717) is 5.56 Å². The number of hydrogen-bond acceptors (Lipinski definition) is 4. The van der Waals surface area contributed by atoms with E-state index in [9.17, 15) is 13.5 Å². The molecular weight excluding hydrogens is 234 g/mol. The van der Waals surface area contributed by atoms with Gasteiger partial charge in [-0.2, -0.15) is 0 Å². The molecule has 0 fully saturated rings. The Balaban J connectivity index is 3.30. The maximum atomic E-state index is 11.8. The van der Waals surface area contributed by atoms with Crippen LogP contribution in [0.1, 0.15) is 25.3 Å². The molecular formula is C9H15NO3S2. The summed E-state index contributed by atoms with van der Waals surface area (Å²) in [6.07, 6.45) is 0. The second kappa shape index (κ2) is 4.11. The van der Waals surface area contributed by atoms with Crippen LogP contribution in [-0.4, -0.2) is 31.9 Å². The number of rotatable bonds is 3. The topological polar surface area (TPSA) is 57.6 Å². The SMILES string of the molecule is CC(C)c1csc(S(=O)(=O)N(C)C)c1O. The van der Waals surface area contributed by atoms with Crippen LogP contribution < -0.4 is 0 Å². The minimum atomic E-state index is -3.52. The van der Waals surface area contributed by atoms with Crippen LogP contribution in [-0.2, 0) is 10.0 Å². The Hall–Kier alpha value is -0.590. The molecule has 86 valence electrons. The highest BCUT2D eigenvalue weighted by molar-refractivity contribution is 7.91. The highest BCUT2D eigenvalue weighted by Gasteiger charge is 2.26. The molecule has 0 atom stereocenters. The van der Waals surface area contributed by atoms with Gasteiger partial charge in [0.15, 0.2) is 4.21 Å². The molecule has 1 N–H and O–H groups in total. The fourth-order valence-corrected chi connectivity index (χ4v) is 3.72. The number of aromatic hydroxyl groups is 1. The number of hydrogen-bond donors (Lipinski definition) is 1. The van der Waals surface area contributed by atoms with Crippen LogP contribution in [0, 0.1) is 0 Å². The zero-order valence-corrected chi connectivity index (χ0v) is 10.8. The van der Waals surface area contributed by atoms with Crippen molar-refractivity contribution in [2.24, 2.45) is 0 Å². The molecule has 0 aromatic carbocycles. The first-order valence-electron chi connectivity index (χ1n) is 4.51. The molecule has 0 aliphatic carbocycles. The summed E-state index contributed by atoms with van der Waals surface area (Å²) in [5, 5.41) is 11.5. The molecule has 1 rings (SSSR count). The van der Waals surface area contributed by atoms with Gasteiger partial charge in [-0.25, -0.2) is 12.7 Å². The Morgan fingerprint density at radius 1 is 1.40 bits per heavy atom. The summed E-state index contributed by atoms with van der Waals surface area (Å²) >= 11 is 1.06. The molecule has 1 aromatic rings. The average Bonchev–Trinajstić information content (AvgIpc) is 2.46. The van der Waals surface area contributed by atoms with Crippen LogP contribution in [0.15, 0.2) is 9.59 Å². The van der Waals surface area contributed by atoms with Crippen LogP contribution in [0.25, 0.3) is 0 Å². The second-order valence-electron chi connectivity index (χ2n) is 3.77. The van der Waals surface area contributed by atoms with Crippen LogP contribution in [0.2, 0.25) is 0 Å². The van der Waals surface area contributed by atoms with Gasteiger partial charge in [-0.15, -0.1) is 11.3 Å². The lowest BCUT2D eigenvalue weighted by atomic mass is 10.1. The molecule has 15 heavy (non-hydrogen) atoms. The van der Waals surface area contributed by atoms with Crippen molar-refractivity contribution in [2.45, 2.75) is 24.0 Å². The summed E-state index contributed by atoms with van der Waals surface area (Å²) in [5.74, 6) is 0.0102. The second-order valence-corrected chi connectivity index (χ2v) is 7.00. The van der Waals surface area contributed by atoms with E-state index in [0.717, 1.165) is 15.6 Å². The summed E-state index contributed by atoms with van der Waals surface area (Å²) in [6, 6.07) is 0. The van der Waals surface area contributed by atoms with Crippen molar-refractivity contribution in [3.05, 3.63) is 10.9 Å². The van der Waals surface area contributed by atoms with Crippen LogP contribution in [0.3, 0.4) is 0 Å². The van der Waals surface area contributed by atoms with Gasteiger partial charge in [0, 0.05) is 19.7 Å². The van der Waals surface area contributed by atoms with Gasteiger partial charge >= 0.3 is 0 Å². The van der Waals surface area contributed by atoms with Crippen LogP contribution in [0.5, 0.6) is 5.75 Å². The van der Waals surface area contributed by atoms with E-state index in [1.54, 1.807) is 5.38 Å². The average molecular weight is 249 g/mol. The van der Waals surface area contributed by atoms with E-state index >= 15 is 0 Å². The fraction of sp³-hybridized carbons (Fsp3) is 0.556. The number of nitrogens with zero attached hydrogens (tertiary/aromatic N) is 1. The van der Waals surface area contributed by atoms with E-state index in [-0.39, 0.29) is 15.9 Å². The Kier molecular flexibility index (Phi) is 3.42. The molecule has 0 saturated carbocycles. The fourth-order valence-electron chi connectivity index (χ4n) is 1.10. The molecule has 1 heterocycles. The lowest BCUT2D eigenvalue weighted by molar-refractivity contribution is 0.449. The smallest absolute Gasteiger partial charge is 0.255 e. The molecule has 0 aliphatic rings. The zero-order valence-electron chi connectivity index (χ0n) is 9.18. The van der Waals surface area contributed by atoms with E-state index in [1.165, 1.54) is 14.1 Å². The lowest BCUT2D eigenvalue weighted by Crippen LogP contribution is -2.21. The highest BCUT2D eigenvalue weighted by atomic mass is 32.2. The molecule has 0 spiro atoms. The molecule has 0 aliphatic heterocycles. The van der Waals surface area contributed by atoms with E-state index < -0.39 is 10.0 Å². The molecule has 0 unspecified atom stereocenters. The van der Waals surface area contributed by atoms with Gasteiger partial charge in [-0.05, 0) is 11.3 Å². The number of thiophene rings is 1. The van der Waals surface area contributed by atoms with E-state index in [1.807, 2.05) is 13.8 Å². The summed E-state index contributed by atoms with van der Waals surface area (Å²) in [4.78, 5) is 0. The maximum absolute atomic E-state index is 11.8. The highest BCUT2D eigenvalue weighted by Crippen LogP contribution is 2.38. The minimum absolute atomic E-state index is 0.0243. The third-order valence-corrected chi connectivity index (χ3v) is 5.42. The Morgan fingerprint density at radius 3 is 2.27 bits per heavy atom. The minimum Gasteiger partial charge on any atom is -0.505 e. The third kappa shape index (κ3) is 2.16. The van der Waals surface area contributed by atoms with Gasteiger partial charge in [-0.1, -0.05) is 13.8 Å². The maximum Gasteiger partial charge on any atom is 0.255 e. The normalized spacial score (nSPS) is 12.7. The van der Waals surface area contributed by atoms with Gasteiger partial charge in [0.1, 0.15) is 5.75 Å². The predicted molar refractivity (Wildman–Crippen MR) is 60.9 cm³/mol. The van der Waals surface area contributed by atoms with Crippen molar-refractivity contribution in [3.63, 3.8) is 0 Å². The van der Waals surface area contributed by atoms with Gasteiger partial charge in [0.25, 0.3) is 10.0 Å². The van der Waals surface area contributed by atoms with Gasteiger partial charge in [0.05, 0.1) is 0 Å². The van der Waals surface area contributed by atoms with Crippen molar-refractivity contribution in [1.29, 1.82) is 0 Å². The number of sulfonamides is 1. The Morgan fingerprint density at radius 2 is 1.93 bits per heavy atom. The molecule has 0 saturated heterocycles. The molecule has 4 nitrogen and oxygen atoms in total. The van der Waals surface area contributed by atoms with Crippen molar-refractivity contribution < 1.29 is 13.5 Å². The first kappa shape index (κ1) is 12.5. The van der Waals surface area contributed by atoms with Crippen molar-refractivity contribution >= 4 is 21.4 Å². The monoisotopic (exact) mass is 249 g/mol. The molecule has 0 bridgehead atoms. The van der Waals surface area contributed by atoms with E-state index in [4.69, 9.17) is 0 Å². The summed E-state index contributed by atoms with van der Waals surface area (Å²) in [6.45, 7) is 3.82. The van der Waals surface area contributed by atoms with Gasteiger partial charge in [0.2, 0.25) is 0 Å². The Bertz CT molecular complexity index is 446. The summed E-state index contributed by atoms with van der Waals surface area (Å²) < 4.78 is 24.7. The Labute approximate surface area is 94.2 Å². The van der Waals surface area contributed by atoms with Crippen LogP contribution >= 0.6 is 11.3 Å².